The van der Waals surface area contributed by atoms with Crippen LogP contribution in [0.2, 0.25) is 5.22 Å². The van der Waals surface area contributed by atoms with Gasteiger partial charge >= 0.3 is 0 Å². The van der Waals surface area contributed by atoms with E-state index < -0.39 is 0 Å². The van der Waals surface area contributed by atoms with Gasteiger partial charge in [-0.15, -0.1) is 0 Å². The van der Waals surface area contributed by atoms with Crippen LogP contribution in [0.4, 0.5) is 10.1 Å². The Morgan fingerprint density at radius 2 is 2.09 bits per heavy atom. The van der Waals surface area contributed by atoms with Gasteiger partial charge in [-0.2, -0.15) is 0 Å². The molecule has 1 aliphatic heterocycles. The van der Waals surface area contributed by atoms with Crippen molar-refractivity contribution in [1.82, 2.24) is 10.6 Å². The molecule has 122 valence electrons. The van der Waals surface area contributed by atoms with Gasteiger partial charge in [0.2, 0.25) is 0 Å². The summed E-state index contributed by atoms with van der Waals surface area (Å²) in [6.45, 7) is 3.49. The summed E-state index contributed by atoms with van der Waals surface area (Å²) in [5.41, 5.74) is 1.28. The van der Waals surface area contributed by atoms with Gasteiger partial charge in [0.25, 0.3) is 5.91 Å². The second-order valence-electron chi connectivity index (χ2n) is 5.31. The van der Waals surface area contributed by atoms with E-state index in [9.17, 15) is 9.18 Å². The molecule has 1 amide bonds. The van der Waals surface area contributed by atoms with Gasteiger partial charge in [0.15, 0.2) is 11.0 Å². The van der Waals surface area contributed by atoms with Gasteiger partial charge in [0.1, 0.15) is 5.82 Å². The molecule has 0 bridgehead atoms. The van der Waals surface area contributed by atoms with Crippen molar-refractivity contribution in [3.63, 3.8) is 0 Å². The average molecular weight is 338 g/mol. The summed E-state index contributed by atoms with van der Waals surface area (Å²) in [6.07, 6.45) is 0. The predicted molar refractivity (Wildman–Crippen MR) is 86.4 cm³/mol. The van der Waals surface area contributed by atoms with E-state index in [2.05, 4.69) is 10.6 Å². The highest BCUT2D eigenvalue weighted by molar-refractivity contribution is 6.29. The first-order chi connectivity index (χ1) is 11.1. The quantitative estimate of drug-likeness (QED) is 0.899. The molecule has 23 heavy (non-hydrogen) atoms. The number of hydrogen-bond donors (Lipinski definition) is 2. The molecule has 0 saturated carbocycles. The Morgan fingerprint density at radius 3 is 2.74 bits per heavy atom. The van der Waals surface area contributed by atoms with E-state index in [-0.39, 0.29) is 29.2 Å². The molecule has 0 unspecified atom stereocenters. The van der Waals surface area contributed by atoms with Gasteiger partial charge < -0.3 is 20.0 Å². The Bertz CT molecular complexity index is 698. The second-order valence-corrected chi connectivity index (χ2v) is 5.68. The molecular formula is C16H17ClFN3O2. The van der Waals surface area contributed by atoms with Gasteiger partial charge in [-0.05, 0) is 41.4 Å². The normalized spacial score (nSPS) is 14.8. The standard InChI is InChI=1S/C16H17ClFN3O2/c17-15-4-3-14(23-15)16(22)20-10-11-1-2-13(12(18)9-11)21-7-5-19-6-8-21/h1-4,9,19H,5-8,10H2,(H,20,22). The maximum Gasteiger partial charge on any atom is 0.287 e. The molecule has 1 saturated heterocycles. The van der Waals surface area contributed by atoms with Crippen molar-refractivity contribution in [3.05, 3.63) is 52.7 Å². The zero-order chi connectivity index (χ0) is 16.2. The summed E-state index contributed by atoms with van der Waals surface area (Å²) in [5, 5.41) is 6.06. The lowest BCUT2D eigenvalue weighted by atomic mass is 10.1. The number of carbonyl (C=O) groups is 1. The molecule has 7 heteroatoms. The first kappa shape index (κ1) is 15.8. The number of rotatable bonds is 4. The maximum atomic E-state index is 14.3. The van der Waals surface area contributed by atoms with Crippen LogP contribution in [0.15, 0.2) is 34.7 Å². The van der Waals surface area contributed by atoms with Gasteiger partial charge in [-0.1, -0.05) is 6.07 Å². The van der Waals surface area contributed by atoms with Crippen LogP contribution in [0, 0.1) is 5.82 Å². The summed E-state index contributed by atoms with van der Waals surface area (Å²) >= 11 is 5.63. The number of halogens is 2. The fourth-order valence-electron chi connectivity index (χ4n) is 2.53. The largest absolute Gasteiger partial charge is 0.440 e. The minimum absolute atomic E-state index is 0.132. The Kier molecular flexibility index (Phi) is 4.83. The summed E-state index contributed by atoms with van der Waals surface area (Å²) in [6, 6.07) is 8.01. The number of nitrogens with one attached hydrogen (secondary N) is 2. The molecule has 3 rings (SSSR count). The van der Waals surface area contributed by atoms with Gasteiger partial charge in [-0.3, -0.25) is 4.79 Å². The van der Waals surface area contributed by atoms with E-state index in [1.807, 2.05) is 11.0 Å². The lowest BCUT2D eigenvalue weighted by Crippen LogP contribution is -2.43. The number of carbonyl (C=O) groups excluding carboxylic acids is 1. The molecule has 2 heterocycles. The SMILES string of the molecule is O=C(NCc1ccc(N2CCNCC2)c(F)c1)c1ccc(Cl)o1. The number of piperazine rings is 1. The minimum atomic E-state index is -0.386. The van der Waals surface area contributed by atoms with E-state index in [0.717, 1.165) is 26.2 Å². The highest BCUT2D eigenvalue weighted by Crippen LogP contribution is 2.21. The Hall–Kier alpha value is -2.05. The van der Waals surface area contributed by atoms with Crippen molar-refractivity contribution in [2.24, 2.45) is 0 Å². The van der Waals surface area contributed by atoms with Crippen LogP contribution in [0.1, 0.15) is 16.1 Å². The number of benzene rings is 1. The first-order valence-corrected chi connectivity index (χ1v) is 7.79. The van der Waals surface area contributed by atoms with Crippen LogP contribution in [0.3, 0.4) is 0 Å². The van der Waals surface area contributed by atoms with E-state index in [4.69, 9.17) is 16.0 Å². The molecule has 1 fully saturated rings. The third-order valence-electron chi connectivity index (χ3n) is 3.72. The van der Waals surface area contributed by atoms with Crippen LogP contribution in [-0.2, 0) is 6.54 Å². The van der Waals surface area contributed by atoms with Gasteiger partial charge in [0, 0.05) is 32.7 Å². The predicted octanol–water partition coefficient (Wildman–Crippen LogP) is 2.41. The highest BCUT2D eigenvalue weighted by Gasteiger charge is 2.15. The minimum Gasteiger partial charge on any atom is -0.440 e. The van der Waals surface area contributed by atoms with Crippen LogP contribution in [0.25, 0.3) is 0 Å². The third-order valence-corrected chi connectivity index (χ3v) is 3.92. The fraction of sp³-hybridized carbons (Fsp3) is 0.312. The van der Waals surface area contributed by atoms with Crippen LogP contribution in [0.5, 0.6) is 0 Å². The Balaban J connectivity index is 1.62. The summed E-state index contributed by atoms with van der Waals surface area (Å²) < 4.78 is 19.3. The summed E-state index contributed by atoms with van der Waals surface area (Å²) in [7, 11) is 0. The molecule has 0 radical (unpaired) electrons. The Morgan fingerprint density at radius 1 is 1.30 bits per heavy atom. The summed E-state index contributed by atoms with van der Waals surface area (Å²) in [4.78, 5) is 13.9. The Labute approximate surface area is 138 Å². The van der Waals surface area contributed by atoms with E-state index in [1.165, 1.54) is 18.2 Å². The molecule has 1 aromatic heterocycles. The van der Waals surface area contributed by atoms with Crippen LogP contribution in [-0.4, -0.2) is 32.1 Å². The molecular weight excluding hydrogens is 321 g/mol. The molecule has 2 aromatic rings. The van der Waals surface area contributed by atoms with Crippen molar-refractivity contribution >= 4 is 23.2 Å². The fourth-order valence-corrected chi connectivity index (χ4v) is 2.67. The number of hydrogen-bond acceptors (Lipinski definition) is 4. The first-order valence-electron chi connectivity index (χ1n) is 7.41. The van der Waals surface area contributed by atoms with E-state index >= 15 is 0 Å². The molecule has 2 N–H and O–H groups in total. The van der Waals surface area contributed by atoms with E-state index in [0.29, 0.717) is 11.3 Å². The van der Waals surface area contributed by atoms with Gasteiger partial charge in [0.05, 0.1) is 5.69 Å². The zero-order valence-electron chi connectivity index (χ0n) is 12.4. The molecule has 1 aromatic carbocycles. The molecule has 0 atom stereocenters. The third kappa shape index (κ3) is 3.83. The van der Waals surface area contributed by atoms with Crippen LogP contribution < -0.4 is 15.5 Å². The second kappa shape index (κ2) is 7.02. The smallest absolute Gasteiger partial charge is 0.287 e. The topological polar surface area (TPSA) is 57.5 Å². The van der Waals surface area contributed by atoms with Crippen molar-refractivity contribution in [3.8, 4) is 0 Å². The molecule has 0 aliphatic carbocycles. The summed E-state index contributed by atoms with van der Waals surface area (Å²) in [5.74, 6) is -0.531. The number of anilines is 1. The zero-order valence-corrected chi connectivity index (χ0v) is 13.2. The monoisotopic (exact) mass is 337 g/mol. The van der Waals surface area contributed by atoms with Crippen molar-refractivity contribution in [2.75, 3.05) is 31.1 Å². The van der Waals surface area contributed by atoms with Gasteiger partial charge in [-0.25, -0.2) is 4.39 Å². The maximum absolute atomic E-state index is 14.3. The van der Waals surface area contributed by atoms with Crippen LogP contribution >= 0.6 is 11.6 Å². The number of furan rings is 1. The number of amides is 1. The molecule has 0 spiro atoms. The number of nitrogens with zero attached hydrogens (tertiary/aromatic N) is 1. The van der Waals surface area contributed by atoms with E-state index in [1.54, 1.807) is 6.07 Å². The molecule has 5 nitrogen and oxygen atoms in total. The lowest BCUT2D eigenvalue weighted by molar-refractivity contribution is 0.0923. The average Bonchev–Trinajstić information content (AvgIpc) is 3.00. The molecule has 1 aliphatic rings. The van der Waals surface area contributed by atoms with Crippen molar-refractivity contribution in [1.29, 1.82) is 0 Å². The highest BCUT2D eigenvalue weighted by atomic mass is 35.5. The van der Waals surface area contributed by atoms with Crippen molar-refractivity contribution < 1.29 is 13.6 Å². The lowest BCUT2D eigenvalue weighted by Gasteiger charge is -2.29. The van der Waals surface area contributed by atoms with Crippen molar-refractivity contribution in [2.45, 2.75) is 6.54 Å².